The van der Waals surface area contributed by atoms with Crippen LogP contribution in [0.2, 0.25) is 0 Å². The van der Waals surface area contributed by atoms with Crippen LogP contribution in [0.1, 0.15) is 52.6 Å². The smallest absolute Gasteiger partial charge is 0.478 e. The van der Waals surface area contributed by atoms with Gasteiger partial charge in [0.15, 0.2) is 0 Å². The van der Waals surface area contributed by atoms with E-state index in [0.717, 1.165) is 57.1 Å². The minimum atomic E-state index is -4.97. The largest absolute Gasteiger partial charge is 0.573 e. The summed E-state index contributed by atoms with van der Waals surface area (Å²) in [7, 11) is -8.49. The Balaban J connectivity index is 0.000000206. The van der Waals surface area contributed by atoms with Crippen LogP contribution in [0.3, 0.4) is 0 Å². The molecule has 8 rings (SSSR count). The van der Waals surface area contributed by atoms with Crippen molar-refractivity contribution in [2.45, 2.75) is 35.4 Å². The fraction of sp³-hybridized carbons (Fsp3) is 0.130. The first-order valence-corrected chi connectivity index (χ1v) is 23.1. The Morgan fingerprint density at radius 3 is 1.16 bits per heavy atom. The van der Waals surface area contributed by atoms with E-state index in [1.165, 1.54) is 72.8 Å². The van der Waals surface area contributed by atoms with Crippen molar-refractivity contribution >= 4 is 66.5 Å². The lowest BCUT2D eigenvalue weighted by Crippen LogP contribution is -2.29. The topological polar surface area (TPSA) is 226 Å². The van der Waals surface area contributed by atoms with E-state index in [9.17, 15) is 62.4 Å². The highest BCUT2D eigenvalue weighted by Gasteiger charge is 2.36. The van der Waals surface area contributed by atoms with Gasteiger partial charge in [0.1, 0.15) is 11.5 Å². The van der Waals surface area contributed by atoms with Crippen LogP contribution in [0.4, 0.5) is 49.1 Å². The summed E-state index contributed by atoms with van der Waals surface area (Å²) in [5, 5.41) is 23.1. The van der Waals surface area contributed by atoms with Crippen molar-refractivity contribution in [1.82, 2.24) is 0 Å². The van der Waals surface area contributed by atoms with Crippen molar-refractivity contribution in [2.75, 3.05) is 32.3 Å². The van der Waals surface area contributed by atoms with Gasteiger partial charge in [0.25, 0.3) is 31.9 Å². The van der Waals surface area contributed by atoms with E-state index in [1.54, 1.807) is 12.1 Å². The molecule has 70 heavy (non-hydrogen) atoms. The number of amides is 2. The molecule has 6 aromatic rings. The second-order valence-electron chi connectivity index (χ2n) is 15.1. The fourth-order valence-corrected chi connectivity index (χ4v) is 10.3. The number of benzene rings is 6. The molecule has 0 fully saturated rings. The SMILES string of the molecule is O=C(O)c1ccc(NC(=O)c2ccc3c(c2)N(S(=O)(=O)c2cccc(OC(F)(F)F)c2)CC3)cc1.O=C(O)c1ccc(NC(=O)c2ccc3c(c2)N(S(=O)(=O)c2cccc(OC(F)(F)F)c2)CC3)cc1. The molecule has 2 amide bonds. The number of nitrogens with one attached hydrogen (secondary N) is 2. The van der Waals surface area contributed by atoms with Crippen molar-refractivity contribution in [3.63, 3.8) is 0 Å². The first-order chi connectivity index (χ1) is 32.9. The number of fused-ring (bicyclic) bond motifs is 2. The van der Waals surface area contributed by atoms with Crippen molar-refractivity contribution in [3.8, 4) is 11.5 Å². The molecule has 0 spiro atoms. The van der Waals surface area contributed by atoms with E-state index in [4.69, 9.17) is 10.2 Å². The number of hydrogen-bond donors (Lipinski definition) is 4. The Bertz CT molecular complexity index is 3030. The number of halogens is 6. The number of aromatic carboxylic acids is 2. The normalized spacial score (nSPS) is 13.3. The average Bonchev–Trinajstić information content (AvgIpc) is 3.94. The average molecular weight is 1010 g/mol. The molecular weight excluding hydrogens is 979 g/mol. The van der Waals surface area contributed by atoms with Crippen LogP contribution >= 0.6 is 0 Å². The molecule has 0 saturated heterocycles. The fourth-order valence-electron chi connectivity index (χ4n) is 7.20. The van der Waals surface area contributed by atoms with Crippen LogP contribution < -0.4 is 28.7 Å². The lowest BCUT2D eigenvalue weighted by atomic mass is 10.1. The van der Waals surface area contributed by atoms with Gasteiger partial charge in [0.2, 0.25) is 0 Å². The first-order valence-electron chi connectivity index (χ1n) is 20.2. The number of rotatable bonds is 12. The quantitative estimate of drug-likeness (QED) is 0.0846. The van der Waals surface area contributed by atoms with E-state index >= 15 is 0 Å². The summed E-state index contributed by atoms with van der Waals surface area (Å²) >= 11 is 0. The monoisotopic (exact) mass is 1010 g/mol. The summed E-state index contributed by atoms with van der Waals surface area (Å²) in [5.41, 5.74) is 2.83. The molecule has 0 bridgehead atoms. The van der Waals surface area contributed by atoms with Gasteiger partial charge in [-0.1, -0.05) is 24.3 Å². The van der Waals surface area contributed by atoms with Gasteiger partial charge < -0.3 is 30.3 Å². The summed E-state index contributed by atoms with van der Waals surface area (Å²) in [6.07, 6.45) is -9.24. The zero-order chi connectivity index (χ0) is 50.8. The number of hydrogen-bond acceptors (Lipinski definition) is 10. The highest BCUT2D eigenvalue weighted by Crippen LogP contribution is 2.37. The molecule has 0 radical (unpaired) electrons. The lowest BCUT2D eigenvalue weighted by Gasteiger charge is -2.20. The molecule has 0 saturated carbocycles. The van der Waals surface area contributed by atoms with E-state index in [-0.39, 0.29) is 56.5 Å². The minimum Gasteiger partial charge on any atom is -0.478 e. The third kappa shape index (κ3) is 11.6. The molecule has 6 aromatic carbocycles. The molecular formula is C46H34F6N4O12S2. The summed E-state index contributed by atoms with van der Waals surface area (Å²) in [5.74, 6) is -4.67. The third-order valence-corrected chi connectivity index (χ3v) is 14.1. The highest BCUT2D eigenvalue weighted by atomic mass is 32.2. The van der Waals surface area contributed by atoms with Gasteiger partial charge >= 0.3 is 24.7 Å². The molecule has 16 nitrogen and oxygen atoms in total. The maximum atomic E-state index is 13.2. The number of carboxylic acids is 2. The standard InChI is InChI=1S/2C23H17F3N2O6S/c2*24-23(25,26)34-18-2-1-3-19(13-18)35(32,33)28-11-10-14-4-5-16(12-20(14)28)21(29)27-17-8-6-15(7-9-17)22(30)31/h2*1-9,12-13H,10-11H2,(H,27,29)(H,30,31). The molecule has 2 aliphatic heterocycles. The molecule has 0 atom stereocenters. The van der Waals surface area contributed by atoms with Gasteiger partial charge in [-0.05, 0) is 121 Å². The Hall–Kier alpha value is -8.12. The van der Waals surface area contributed by atoms with E-state index in [2.05, 4.69) is 20.1 Å². The number of alkyl halides is 6. The number of carboxylic acid groups (broad SMARTS) is 2. The van der Waals surface area contributed by atoms with Crippen molar-refractivity contribution in [3.05, 3.63) is 167 Å². The van der Waals surface area contributed by atoms with Crippen LogP contribution in [0.25, 0.3) is 0 Å². The zero-order valence-corrected chi connectivity index (χ0v) is 37.1. The Morgan fingerprint density at radius 2 is 0.829 bits per heavy atom. The predicted octanol–water partition coefficient (Wildman–Crippen LogP) is 8.57. The summed E-state index contributed by atoms with van der Waals surface area (Å²) in [4.78, 5) is 46.6. The van der Waals surface area contributed by atoms with Crippen molar-refractivity contribution in [1.29, 1.82) is 0 Å². The maximum Gasteiger partial charge on any atom is 0.573 e. The molecule has 4 N–H and O–H groups in total. The summed E-state index contributed by atoms with van der Waals surface area (Å²) < 4.78 is 138. The summed E-state index contributed by atoms with van der Waals surface area (Å²) in [6.45, 7) is 0.0908. The Labute approximate surface area is 393 Å². The van der Waals surface area contributed by atoms with E-state index in [0.29, 0.717) is 35.3 Å². The lowest BCUT2D eigenvalue weighted by molar-refractivity contribution is -0.275. The van der Waals surface area contributed by atoms with Gasteiger partial charge in [0.05, 0.1) is 32.3 Å². The molecule has 24 heteroatoms. The summed E-state index contributed by atoms with van der Waals surface area (Å²) in [6, 6.07) is 28.2. The maximum absolute atomic E-state index is 13.2. The highest BCUT2D eigenvalue weighted by molar-refractivity contribution is 7.93. The van der Waals surface area contributed by atoms with Crippen LogP contribution in [-0.4, -0.2) is 76.6 Å². The van der Waals surface area contributed by atoms with Crippen LogP contribution in [-0.2, 0) is 32.9 Å². The molecule has 364 valence electrons. The molecule has 2 heterocycles. The van der Waals surface area contributed by atoms with Crippen LogP contribution in [0.15, 0.2) is 143 Å². The van der Waals surface area contributed by atoms with Gasteiger partial charge in [0, 0.05) is 47.7 Å². The van der Waals surface area contributed by atoms with E-state index in [1.807, 2.05) is 0 Å². The van der Waals surface area contributed by atoms with Gasteiger partial charge in [-0.25, -0.2) is 26.4 Å². The van der Waals surface area contributed by atoms with Gasteiger partial charge in [-0.3, -0.25) is 18.2 Å². The van der Waals surface area contributed by atoms with Crippen LogP contribution in [0.5, 0.6) is 11.5 Å². The second kappa shape index (κ2) is 19.5. The number of carbonyl (C=O) groups excluding carboxylic acids is 2. The number of sulfonamides is 2. The van der Waals surface area contributed by atoms with Crippen molar-refractivity contribution in [2.24, 2.45) is 0 Å². The van der Waals surface area contributed by atoms with Gasteiger partial charge in [-0.2, -0.15) is 0 Å². The predicted molar refractivity (Wildman–Crippen MR) is 238 cm³/mol. The first kappa shape index (κ1) is 49.8. The second-order valence-corrected chi connectivity index (χ2v) is 18.8. The van der Waals surface area contributed by atoms with Crippen LogP contribution in [0, 0.1) is 0 Å². The molecule has 0 aliphatic carbocycles. The molecule has 0 unspecified atom stereocenters. The number of nitrogens with zero attached hydrogens (tertiary/aromatic N) is 2. The molecule has 2 aliphatic rings. The Kier molecular flexibility index (Phi) is 13.8. The minimum absolute atomic E-state index is 0.0454. The van der Waals surface area contributed by atoms with Gasteiger partial charge in [-0.15, -0.1) is 26.3 Å². The number of anilines is 4. The zero-order valence-electron chi connectivity index (χ0n) is 35.5. The Morgan fingerprint density at radius 1 is 0.486 bits per heavy atom. The van der Waals surface area contributed by atoms with E-state index < -0.39 is 68.0 Å². The molecule has 0 aromatic heterocycles. The van der Waals surface area contributed by atoms with Crippen molar-refractivity contribution < 1.29 is 82.0 Å². The number of ether oxygens (including phenoxy) is 2. The number of carbonyl (C=O) groups is 4. The third-order valence-electron chi connectivity index (χ3n) is 10.4.